The Bertz CT molecular complexity index is 2140. The number of anilines is 2. The van der Waals surface area contributed by atoms with Crippen LogP contribution >= 0.6 is 23.2 Å². The summed E-state index contributed by atoms with van der Waals surface area (Å²) in [5.74, 6) is -5.69. The third-order valence-electron chi connectivity index (χ3n) is 7.75. The molecule has 0 fully saturated rings. The summed E-state index contributed by atoms with van der Waals surface area (Å²) in [6, 6.07) is 18.0. The van der Waals surface area contributed by atoms with Crippen molar-refractivity contribution in [3.63, 3.8) is 0 Å². The molecular formula is C36H28Cl2NNaO12. The molecule has 264 valence electrons. The van der Waals surface area contributed by atoms with Crippen LogP contribution in [-0.2, 0) is 11.2 Å². The Balaban J connectivity index is 0.000000259. The van der Waals surface area contributed by atoms with Crippen LogP contribution in [-0.4, -0.2) is 53.8 Å². The van der Waals surface area contributed by atoms with Crippen molar-refractivity contribution in [2.75, 3.05) is 5.32 Å². The molecule has 5 aromatic rings. The average molecular weight is 761 g/mol. The summed E-state index contributed by atoms with van der Waals surface area (Å²) in [5.41, 5.74) is 2.09. The molecule has 0 saturated heterocycles. The molecule has 52 heavy (non-hydrogen) atoms. The van der Waals surface area contributed by atoms with Crippen LogP contribution < -0.4 is 44.7 Å². The summed E-state index contributed by atoms with van der Waals surface area (Å²) in [4.78, 5) is 23.7. The number of aromatic hydroxyl groups is 7. The average Bonchev–Trinajstić information content (AvgIpc) is 3.08. The number of hydrogen-bond acceptors (Lipinski definition) is 13. The quantitative estimate of drug-likeness (QED) is 0.0709. The molecule has 0 amide bonds. The zero-order valence-electron chi connectivity index (χ0n) is 27.3. The Kier molecular flexibility index (Phi) is 12.5. The number of halogens is 2. The number of phenols is 7. The van der Waals surface area contributed by atoms with Gasteiger partial charge >= 0.3 is 35.5 Å². The number of hydrogen-bond donors (Lipinski definition) is 8. The molecule has 2 atom stereocenters. The Morgan fingerprint density at radius 3 is 2.15 bits per heavy atom. The standard InChI is InChI=1S/C22H18O10.C14H11Cl2NO2.Na/c23-11-6-14(25)12-8-19(32-22(30)10-4-16(27)20(29)17(28)5-10)21(31-18(12)7-11)9-1-2-13(24)15(26)3-9;1-8-6-7-10(15)13(12(8)16)17-11-5-3-2-4-9(11)14(18)19;/h1-7,19,21,23-29H,8H2;2-7,17H,1H3,(H,18,19);/q;;+1/p-1. The minimum absolute atomic E-state index is 0. The third kappa shape index (κ3) is 8.64. The van der Waals surface area contributed by atoms with Crippen LogP contribution in [0.3, 0.4) is 0 Å². The fourth-order valence-corrected chi connectivity index (χ4v) is 5.62. The van der Waals surface area contributed by atoms with Crippen LogP contribution in [0.4, 0.5) is 11.4 Å². The van der Waals surface area contributed by atoms with E-state index in [4.69, 9.17) is 32.7 Å². The van der Waals surface area contributed by atoms with Crippen molar-refractivity contribution in [3.05, 3.63) is 117 Å². The molecule has 13 nitrogen and oxygen atoms in total. The van der Waals surface area contributed by atoms with Crippen molar-refractivity contribution in [1.82, 2.24) is 0 Å². The van der Waals surface area contributed by atoms with Crippen LogP contribution in [0.1, 0.15) is 43.5 Å². The zero-order chi connectivity index (χ0) is 37.1. The fourth-order valence-electron chi connectivity index (χ4n) is 5.15. The molecule has 0 bridgehead atoms. The number of aryl methyl sites for hydroxylation is 1. The van der Waals surface area contributed by atoms with Crippen molar-refractivity contribution >= 4 is 46.5 Å². The Morgan fingerprint density at radius 1 is 0.827 bits per heavy atom. The van der Waals surface area contributed by atoms with Crippen LogP contribution in [0.25, 0.3) is 0 Å². The topological polar surface area (TPSA) is 229 Å². The van der Waals surface area contributed by atoms with E-state index in [1.807, 2.05) is 6.92 Å². The van der Waals surface area contributed by atoms with Crippen LogP contribution in [0.15, 0.2) is 78.9 Å². The van der Waals surface area contributed by atoms with E-state index in [0.717, 1.165) is 23.8 Å². The smallest absolute Gasteiger partial charge is 0.545 e. The number of phenolic OH excluding ortho intramolecular Hbond substituents is 7. The van der Waals surface area contributed by atoms with E-state index in [1.54, 1.807) is 30.3 Å². The van der Waals surface area contributed by atoms with Crippen LogP contribution in [0.2, 0.25) is 10.0 Å². The van der Waals surface area contributed by atoms with E-state index in [0.29, 0.717) is 27.0 Å². The molecular weight excluding hydrogens is 732 g/mol. The maximum absolute atomic E-state index is 12.7. The van der Waals surface area contributed by atoms with Gasteiger partial charge < -0.3 is 60.4 Å². The van der Waals surface area contributed by atoms with Crippen molar-refractivity contribution in [1.29, 1.82) is 0 Å². The van der Waals surface area contributed by atoms with E-state index < -0.39 is 47.1 Å². The normalized spacial score (nSPS) is 14.4. The second kappa shape index (κ2) is 16.4. The summed E-state index contributed by atoms with van der Waals surface area (Å²) in [5, 5.41) is 83.1. The molecule has 6 rings (SSSR count). The third-order valence-corrected chi connectivity index (χ3v) is 8.55. The van der Waals surface area contributed by atoms with Crippen molar-refractivity contribution < 1.29 is 89.5 Å². The number of carbonyl (C=O) groups is 2. The van der Waals surface area contributed by atoms with E-state index in [9.17, 15) is 50.4 Å². The van der Waals surface area contributed by atoms with Crippen LogP contribution in [0.5, 0.6) is 46.0 Å². The number of ether oxygens (including phenoxy) is 2. The van der Waals surface area contributed by atoms with E-state index >= 15 is 0 Å². The number of nitrogens with one attached hydrogen (secondary N) is 1. The molecule has 16 heteroatoms. The predicted molar refractivity (Wildman–Crippen MR) is 183 cm³/mol. The Morgan fingerprint density at radius 2 is 1.50 bits per heavy atom. The molecule has 0 aliphatic carbocycles. The summed E-state index contributed by atoms with van der Waals surface area (Å²) < 4.78 is 11.4. The number of para-hydroxylation sites is 1. The van der Waals surface area contributed by atoms with Gasteiger partial charge in [-0.2, -0.15) is 0 Å². The number of carbonyl (C=O) groups excluding carboxylic acids is 2. The van der Waals surface area contributed by atoms with Gasteiger partial charge in [0.05, 0.1) is 27.3 Å². The van der Waals surface area contributed by atoms with E-state index in [2.05, 4.69) is 5.32 Å². The van der Waals surface area contributed by atoms with Crippen molar-refractivity contribution in [2.24, 2.45) is 0 Å². The fraction of sp³-hybridized carbons (Fsp3) is 0.111. The first-order valence-corrected chi connectivity index (χ1v) is 15.6. The number of carboxylic acid groups (broad SMARTS) is 1. The summed E-state index contributed by atoms with van der Waals surface area (Å²) >= 11 is 12.2. The van der Waals surface area contributed by atoms with Gasteiger partial charge in [0.1, 0.15) is 23.4 Å². The van der Waals surface area contributed by atoms with Gasteiger partial charge in [0.25, 0.3) is 0 Å². The number of carboxylic acids is 1. The van der Waals surface area contributed by atoms with Gasteiger partial charge in [-0.1, -0.05) is 53.5 Å². The van der Waals surface area contributed by atoms with Gasteiger partial charge in [0, 0.05) is 40.9 Å². The van der Waals surface area contributed by atoms with Gasteiger partial charge in [0.2, 0.25) is 0 Å². The Labute approximate surface area is 327 Å². The molecule has 1 aliphatic rings. The van der Waals surface area contributed by atoms with Crippen molar-refractivity contribution in [3.8, 4) is 46.0 Å². The molecule has 0 spiro atoms. The molecule has 8 N–H and O–H groups in total. The van der Waals surface area contributed by atoms with E-state index in [1.165, 1.54) is 30.3 Å². The van der Waals surface area contributed by atoms with Gasteiger partial charge in [-0.25, -0.2) is 4.79 Å². The zero-order valence-corrected chi connectivity index (χ0v) is 30.8. The number of esters is 1. The summed E-state index contributed by atoms with van der Waals surface area (Å²) in [6.07, 6.45) is -2.12. The van der Waals surface area contributed by atoms with Gasteiger partial charge in [-0.3, -0.25) is 0 Å². The minimum atomic E-state index is -1.26. The molecule has 0 radical (unpaired) electrons. The van der Waals surface area contributed by atoms with Gasteiger partial charge in [-0.05, 0) is 48.9 Å². The summed E-state index contributed by atoms with van der Waals surface area (Å²) in [6.45, 7) is 1.84. The second-order valence-corrected chi connectivity index (χ2v) is 12.0. The molecule has 5 aromatic carbocycles. The molecule has 1 heterocycles. The first-order valence-electron chi connectivity index (χ1n) is 14.9. The number of aromatic carboxylic acids is 1. The molecule has 0 saturated carbocycles. The predicted octanol–water partition coefficient (Wildman–Crippen LogP) is 2.94. The van der Waals surface area contributed by atoms with Gasteiger partial charge in [0.15, 0.2) is 34.9 Å². The largest absolute Gasteiger partial charge is 1.00 e. The summed E-state index contributed by atoms with van der Waals surface area (Å²) in [7, 11) is 0. The maximum atomic E-state index is 12.7. The molecule has 2 unspecified atom stereocenters. The first-order chi connectivity index (χ1) is 24.1. The second-order valence-electron chi connectivity index (χ2n) is 11.3. The minimum Gasteiger partial charge on any atom is -0.545 e. The van der Waals surface area contributed by atoms with E-state index in [-0.39, 0.29) is 75.7 Å². The number of benzene rings is 5. The Hall–Kier alpha value is -5.18. The van der Waals surface area contributed by atoms with Gasteiger partial charge in [-0.15, -0.1) is 0 Å². The van der Waals surface area contributed by atoms with Crippen molar-refractivity contribution in [2.45, 2.75) is 25.6 Å². The first kappa shape index (κ1) is 39.6. The monoisotopic (exact) mass is 759 g/mol. The SMILES string of the molecule is Cc1ccc(Cl)c(Nc2ccccc2C(=O)[O-])c1Cl.O=C(OC1Cc2c(O)cc(O)cc2OC1c1ccc(O)c(O)c1)c1cc(O)c(O)c(O)c1.[Na+]. The molecule has 1 aliphatic heterocycles. The van der Waals surface area contributed by atoms with Crippen LogP contribution in [0, 0.1) is 6.92 Å². The number of rotatable bonds is 6. The number of fused-ring (bicyclic) bond motifs is 1. The molecule has 0 aromatic heterocycles. The maximum Gasteiger partial charge on any atom is 1.00 e.